The molecule has 0 aliphatic heterocycles. The number of esters is 1. The minimum Gasteiger partial charge on any atom is -0.481 e. The van der Waals surface area contributed by atoms with Crippen LogP contribution in [0, 0.1) is 5.92 Å². The molecule has 0 saturated carbocycles. The number of aliphatic carboxylic acids is 1. The maximum atomic E-state index is 12.0. The van der Waals surface area contributed by atoms with E-state index in [9.17, 15) is 14.7 Å². The van der Waals surface area contributed by atoms with Crippen LogP contribution in [0.1, 0.15) is 32.8 Å². The Morgan fingerprint density at radius 1 is 1.27 bits per heavy atom. The molecular weight excluding hydrogens is 282 g/mol. The maximum Gasteiger partial charge on any atom is 0.322 e. The molecule has 1 unspecified atom stereocenters. The number of hydrogen-bond donors (Lipinski definition) is 2. The van der Waals surface area contributed by atoms with Crippen LogP contribution in [-0.2, 0) is 14.3 Å². The van der Waals surface area contributed by atoms with Crippen molar-refractivity contribution in [2.75, 3.05) is 0 Å². The number of carbonyl (C=O) groups excluding carboxylic acids is 1. The molecule has 0 bridgehead atoms. The average molecular weight is 305 g/mol. The fraction of sp³-hybridized carbons (Fsp3) is 0.412. The summed E-state index contributed by atoms with van der Waals surface area (Å²) < 4.78 is 5.12. The summed E-state index contributed by atoms with van der Waals surface area (Å²) >= 11 is 0. The van der Waals surface area contributed by atoms with Gasteiger partial charge in [-0.05, 0) is 32.8 Å². The first kappa shape index (κ1) is 17.9. The van der Waals surface area contributed by atoms with E-state index >= 15 is 0 Å². The van der Waals surface area contributed by atoms with E-state index in [1.165, 1.54) is 0 Å². The number of carboxylic acid groups (broad SMARTS) is 1. The van der Waals surface area contributed by atoms with E-state index < -0.39 is 29.5 Å². The summed E-state index contributed by atoms with van der Waals surface area (Å²) in [7, 11) is 0. The topological polar surface area (TPSA) is 89.6 Å². The fourth-order valence-corrected chi connectivity index (χ4v) is 1.89. The van der Waals surface area contributed by atoms with Gasteiger partial charge in [-0.3, -0.25) is 9.59 Å². The molecule has 2 atom stereocenters. The molecular formula is C17H23NO4. The molecule has 0 aliphatic carbocycles. The van der Waals surface area contributed by atoms with Crippen molar-refractivity contribution in [3.63, 3.8) is 0 Å². The summed E-state index contributed by atoms with van der Waals surface area (Å²) in [6, 6.07) is 8.72. The standard InChI is InChI=1S/C17H23NO4/c1-17(2,3)22-16(21)14(15(19)20)13(18)11-7-10-12-8-5-4-6-9-12/h4-10,13-14H,11,18H2,1-3H3,(H,19,20)/b10-7+/t13?,14-/m0/s1. The first-order chi connectivity index (χ1) is 10.2. The van der Waals surface area contributed by atoms with Crippen LogP contribution in [0.2, 0.25) is 0 Å². The van der Waals surface area contributed by atoms with Gasteiger partial charge in [-0.2, -0.15) is 0 Å². The van der Waals surface area contributed by atoms with Gasteiger partial charge in [0.05, 0.1) is 0 Å². The molecule has 0 fully saturated rings. The minimum absolute atomic E-state index is 0.269. The van der Waals surface area contributed by atoms with Gasteiger partial charge in [0.1, 0.15) is 5.60 Å². The Morgan fingerprint density at radius 2 is 1.86 bits per heavy atom. The number of nitrogens with two attached hydrogens (primary N) is 1. The summed E-state index contributed by atoms with van der Waals surface area (Å²) in [6.45, 7) is 5.06. The van der Waals surface area contributed by atoms with Crippen LogP contribution in [0.3, 0.4) is 0 Å². The molecule has 0 radical (unpaired) electrons. The van der Waals surface area contributed by atoms with E-state index in [2.05, 4.69) is 0 Å². The number of rotatable bonds is 6. The Morgan fingerprint density at radius 3 is 2.36 bits per heavy atom. The van der Waals surface area contributed by atoms with Crippen molar-refractivity contribution in [1.29, 1.82) is 0 Å². The highest BCUT2D eigenvalue weighted by molar-refractivity contribution is 5.95. The molecule has 0 saturated heterocycles. The van der Waals surface area contributed by atoms with Crippen molar-refractivity contribution < 1.29 is 19.4 Å². The van der Waals surface area contributed by atoms with Gasteiger partial charge >= 0.3 is 11.9 Å². The second kappa shape index (κ2) is 7.75. The van der Waals surface area contributed by atoms with Gasteiger partial charge < -0.3 is 15.6 Å². The molecule has 0 heterocycles. The largest absolute Gasteiger partial charge is 0.481 e. The van der Waals surface area contributed by atoms with Crippen molar-refractivity contribution in [2.24, 2.45) is 11.7 Å². The fourth-order valence-electron chi connectivity index (χ4n) is 1.89. The Labute approximate surface area is 130 Å². The molecule has 120 valence electrons. The van der Waals surface area contributed by atoms with Crippen molar-refractivity contribution in [1.82, 2.24) is 0 Å². The van der Waals surface area contributed by atoms with Crippen molar-refractivity contribution in [3.8, 4) is 0 Å². The third-order valence-electron chi connectivity index (χ3n) is 2.87. The maximum absolute atomic E-state index is 12.0. The number of hydrogen-bond acceptors (Lipinski definition) is 4. The molecule has 0 amide bonds. The minimum atomic E-state index is -1.38. The molecule has 1 aromatic carbocycles. The predicted molar refractivity (Wildman–Crippen MR) is 85.0 cm³/mol. The first-order valence-corrected chi connectivity index (χ1v) is 7.13. The van der Waals surface area contributed by atoms with E-state index in [-0.39, 0.29) is 6.42 Å². The van der Waals surface area contributed by atoms with Gasteiger partial charge in [0.25, 0.3) is 0 Å². The summed E-state index contributed by atoms with van der Waals surface area (Å²) in [4.78, 5) is 23.3. The van der Waals surface area contributed by atoms with Crippen LogP contribution in [0.5, 0.6) is 0 Å². The lowest BCUT2D eigenvalue weighted by molar-refractivity contribution is -0.167. The van der Waals surface area contributed by atoms with Crippen LogP contribution in [0.4, 0.5) is 0 Å². The van der Waals surface area contributed by atoms with Crippen LogP contribution < -0.4 is 5.73 Å². The lowest BCUT2D eigenvalue weighted by Gasteiger charge is -2.24. The van der Waals surface area contributed by atoms with Gasteiger partial charge in [-0.15, -0.1) is 0 Å². The van der Waals surface area contributed by atoms with Crippen LogP contribution in [-0.4, -0.2) is 28.7 Å². The summed E-state index contributed by atoms with van der Waals surface area (Å²) in [5, 5.41) is 9.22. The molecule has 3 N–H and O–H groups in total. The number of carbonyl (C=O) groups is 2. The van der Waals surface area contributed by atoms with Crippen molar-refractivity contribution in [2.45, 2.75) is 38.8 Å². The third kappa shape index (κ3) is 6.10. The SMILES string of the molecule is CC(C)(C)OC(=O)[C@H](C(=O)O)C(N)C/C=C/c1ccccc1. The molecule has 22 heavy (non-hydrogen) atoms. The van der Waals surface area contributed by atoms with E-state index in [1.54, 1.807) is 26.8 Å². The van der Waals surface area contributed by atoms with Crippen LogP contribution in [0.25, 0.3) is 6.08 Å². The van der Waals surface area contributed by atoms with Gasteiger partial charge in [-0.25, -0.2) is 0 Å². The Hall–Kier alpha value is -2.14. The van der Waals surface area contributed by atoms with Gasteiger partial charge in [0.15, 0.2) is 5.92 Å². The molecule has 1 rings (SSSR count). The second-order valence-corrected chi connectivity index (χ2v) is 6.06. The summed E-state index contributed by atoms with van der Waals surface area (Å²) in [6.07, 6.45) is 3.87. The number of carboxylic acids is 1. The second-order valence-electron chi connectivity index (χ2n) is 6.06. The predicted octanol–water partition coefficient (Wildman–Crippen LogP) is 2.46. The highest BCUT2D eigenvalue weighted by Gasteiger charge is 2.35. The molecule has 0 aliphatic rings. The Kier molecular flexibility index (Phi) is 6.31. The third-order valence-corrected chi connectivity index (χ3v) is 2.87. The first-order valence-electron chi connectivity index (χ1n) is 7.13. The zero-order chi connectivity index (χ0) is 16.8. The van der Waals surface area contributed by atoms with E-state index in [4.69, 9.17) is 10.5 Å². The van der Waals surface area contributed by atoms with E-state index in [0.29, 0.717) is 0 Å². The molecule has 0 spiro atoms. The number of benzene rings is 1. The van der Waals surface area contributed by atoms with Crippen molar-refractivity contribution in [3.05, 3.63) is 42.0 Å². The smallest absolute Gasteiger partial charge is 0.322 e. The summed E-state index contributed by atoms with van der Waals surface area (Å²) in [5.41, 5.74) is 6.11. The Bertz CT molecular complexity index is 531. The monoisotopic (exact) mass is 305 g/mol. The summed E-state index contributed by atoms with van der Waals surface area (Å²) in [5.74, 6) is -3.45. The van der Waals surface area contributed by atoms with Crippen LogP contribution in [0.15, 0.2) is 36.4 Å². The highest BCUT2D eigenvalue weighted by Crippen LogP contribution is 2.16. The van der Waals surface area contributed by atoms with Crippen molar-refractivity contribution >= 4 is 18.0 Å². The van der Waals surface area contributed by atoms with E-state index in [0.717, 1.165) is 5.56 Å². The molecule has 5 heteroatoms. The zero-order valence-corrected chi connectivity index (χ0v) is 13.2. The van der Waals surface area contributed by atoms with Gasteiger partial charge in [0.2, 0.25) is 0 Å². The van der Waals surface area contributed by atoms with Gasteiger partial charge in [-0.1, -0.05) is 42.5 Å². The van der Waals surface area contributed by atoms with Crippen LogP contribution >= 0.6 is 0 Å². The quantitative estimate of drug-likeness (QED) is 0.622. The Balaban J connectivity index is 2.69. The average Bonchev–Trinajstić information content (AvgIpc) is 2.37. The van der Waals surface area contributed by atoms with Gasteiger partial charge in [0, 0.05) is 6.04 Å². The highest BCUT2D eigenvalue weighted by atomic mass is 16.6. The normalized spacial score (nSPS) is 14.5. The zero-order valence-electron chi connectivity index (χ0n) is 13.2. The number of ether oxygens (including phenoxy) is 1. The molecule has 5 nitrogen and oxygen atoms in total. The van der Waals surface area contributed by atoms with E-state index in [1.807, 2.05) is 36.4 Å². The lowest BCUT2D eigenvalue weighted by Crippen LogP contribution is -2.43. The molecule has 0 aromatic heterocycles. The lowest BCUT2D eigenvalue weighted by atomic mass is 9.97. The molecule has 1 aromatic rings.